The SMILES string of the molecule is O=C(NNC(=O)c1cc(S(=O)(=O)N2CCOCC2)ccc1F)c1ccc(-n2cnnn2)cc1. The fourth-order valence-electron chi connectivity index (χ4n) is 3.07. The maximum Gasteiger partial charge on any atom is 0.272 e. The quantitative estimate of drug-likeness (QED) is 0.486. The topological polar surface area (TPSA) is 148 Å². The van der Waals surface area contributed by atoms with Gasteiger partial charge in [-0.05, 0) is 52.9 Å². The summed E-state index contributed by atoms with van der Waals surface area (Å²) in [5.41, 5.74) is 4.55. The Hall–Kier alpha value is -3.75. The van der Waals surface area contributed by atoms with Gasteiger partial charge in [0.1, 0.15) is 12.1 Å². The van der Waals surface area contributed by atoms with Gasteiger partial charge in [-0.25, -0.2) is 17.5 Å². The van der Waals surface area contributed by atoms with E-state index in [1.54, 1.807) is 12.1 Å². The van der Waals surface area contributed by atoms with Crippen LogP contribution in [0.3, 0.4) is 0 Å². The number of ether oxygens (including phenoxy) is 1. The first-order chi connectivity index (χ1) is 15.9. The van der Waals surface area contributed by atoms with Gasteiger partial charge < -0.3 is 4.74 Å². The number of tetrazole rings is 1. The van der Waals surface area contributed by atoms with Crippen molar-refractivity contribution in [2.24, 2.45) is 0 Å². The smallest absolute Gasteiger partial charge is 0.272 e. The number of nitrogens with one attached hydrogen (secondary N) is 2. The summed E-state index contributed by atoms with van der Waals surface area (Å²) in [6.45, 7) is 0.806. The lowest BCUT2D eigenvalue weighted by molar-refractivity contribution is 0.0730. The van der Waals surface area contributed by atoms with Crippen molar-refractivity contribution in [1.82, 2.24) is 35.4 Å². The standard InChI is InChI=1S/C19H18FN7O5S/c20-17-6-5-15(33(30,31)26-7-9-32-10-8-26)11-16(17)19(29)23-22-18(28)13-1-3-14(4-2-13)27-12-21-24-25-27/h1-6,11-12H,7-10H2,(H,22,28)(H,23,29). The van der Waals surface area contributed by atoms with E-state index < -0.39 is 33.2 Å². The zero-order chi connectivity index (χ0) is 23.4. The summed E-state index contributed by atoms with van der Waals surface area (Å²) >= 11 is 0. The van der Waals surface area contributed by atoms with Crippen LogP contribution in [0.4, 0.5) is 4.39 Å². The van der Waals surface area contributed by atoms with Crippen LogP contribution in [0.5, 0.6) is 0 Å². The molecule has 172 valence electrons. The number of hydrogen-bond donors (Lipinski definition) is 2. The van der Waals surface area contributed by atoms with Crippen LogP contribution in [0.25, 0.3) is 5.69 Å². The molecule has 0 spiro atoms. The average Bonchev–Trinajstić information content (AvgIpc) is 3.38. The molecule has 4 rings (SSSR count). The second-order valence-electron chi connectivity index (χ2n) is 6.87. The first kappa shape index (κ1) is 22.4. The monoisotopic (exact) mass is 475 g/mol. The lowest BCUT2D eigenvalue weighted by Gasteiger charge is -2.26. The summed E-state index contributed by atoms with van der Waals surface area (Å²) in [7, 11) is -3.93. The maximum atomic E-state index is 14.3. The van der Waals surface area contributed by atoms with E-state index in [1.165, 1.54) is 27.4 Å². The molecular weight excluding hydrogens is 457 g/mol. The van der Waals surface area contributed by atoms with Gasteiger partial charge in [0.15, 0.2) is 0 Å². The van der Waals surface area contributed by atoms with Gasteiger partial charge >= 0.3 is 0 Å². The molecule has 12 nitrogen and oxygen atoms in total. The minimum atomic E-state index is -3.93. The molecule has 2 N–H and O–H groups in total. The van der Waals surface area contributed by atoms with E-state index >= 15 is 0 Å². The van der Waals surface area contributed by atoms with E-state index in [2.05, 4.69) is 26.4 Å². The van der Waals surface area contributed by atoms with Gasteiger partial charge in [0, 0.05) is 18.7 Å². The molecule has 0 unspecified atom stereocenters. The fraction of sp³-hybridized carbons (Fsp3) is 0.211. The van der Waals surface area contributed by atoms with E-state index in [0.717, 1.165) is 18.2 Å². The predicted octanol–water partition coefficient (Wildman–Crippen LogP) is -0.103. The maximum absolute atomic E-state index is 14.3. The summed E-state index contributed by atoms with van der Waals surface area (Å²) < 4.78 is 47.5. The summed E-state index contributed by atoms with van der Waals surface area (Å²) in [5.74, 6) is -2.61. The number of benzene rings is 2. The van der Waals surface area contributed by atoms with Crippen LogP contribution in [0, 0.1) is 5.82 Å². The number of rotatable bonds is 5. The van der Waals surface area contributed by atoms with Gasteiger partial charge in [-0.3, -0.25) is 20.4 Å². The van der Waals surface area contributed by atoms with Crippen molar-refractivity contribution in [2.75, 3.05) is 26.3 Å². The molecular formula is C19H18FN7O5S. The van der Waals surface area contributed by atoms with Gasteiger partial charge in [-0.15, -0.1) is 5.10 Å². The zero-order valence-corrected chi connectivity index (χ0v) is 17.8. The molecule has 14 heteroatoms. The molecule has 1 aliphatic rings. The lowest BCUT2D eigenvalue weighted by Crippen LogP contribution is -2.42. The second-order valence-corrected chi connectivity index (χ2v) is 8.81. The van der Waals surface area contributed by atoms with Crippen LogP contribution in [0.15, 0.2) is 53.7 Å². The lowest BCUT2D eigenvalue weighted by atomic mass is 10.2. The van der Waals surface area contributed by atoms with Gasteiger partial charge in [-0.1, -0.05) is 0 Å². The third kappa shape index (κ3) is 4.87. The average molecular weight is 475 g/mol. The van der Waals surface area contributed by atoms with E-state index in [-0.39, 0.29) is 36.8 Å². The first-order valence-corrected chi connectivity index (χ1v) is 11.1. The fourth-order valence-corrected chi connectivity index (χ4v) is 4.51. The highest BCUT2D eigenvalue weighted by Crippen LogP contribution is 2.20. The number of morpholine rings is 1. The van der Waals surface area contributed by atoms with E-state index in [1.807, 2.05) is 0 Å². The van der Waals surface area contributed by atoms with Crippen LogP contribution in [0.2, 0.25) is 0 Å². The number of carbonyl (C=O) groups excluding carboxylic acids is 2. The van der Waals surface area contributed by atoms with Crippen molar-refractivity contribution >= 4 is 21.8 Å². The molecule has 1 fully saturated rings. The van der Waals surface area contributed by atoms with Crippen LogP contribution in [0.1, 0.15) is 20.7 Å². The minimum absolute atomic E-state index is 0.156. The van der Waals surface area contributed by atoms with Crippen molar-refractivity contribution in [3.05, 3.63) is 65.7 Å². The molecule has 0 aliphatic carbocycles. The molecule has 1 saturated heterocycles. The van der Waals surface area contributed by atoms with Crippen LogP contribution in [-0.2, 0) is 14.8 Å². The number of hydrazine groups is 1. The summed E-state index contributed by atoms with van der Waals surface area (Å²) in [5, 5.41) is 10.8. The Balaban J connectivity index is 1.44. The van der Waals surface area contributed by atoms with Crippen LogP contribution in [-0.4, -0.2) is 71.0 Å². The van der Waals surface area contributed by atoms with Gasteiger partial charge in [-0.2, -0.15) is 4.31 Å². The molecule has 0 saturated carbocycles. The molecule has 3 aromatic rings. The third-order valence-corrected chi connectivity index (χ3v) is 6.72. The minimum Gasteiger partial charge on any atom is -0.379 e. The molecule has 1 aliphatic heterocycles. The summed E-state index contributed by atoms with van der Waals surface area (Å²) in [4.78, 5) is 24.5. The zero-order valence-electron chi connectivity index (χ0n) is 17.0. The molecule has 2 aromatic carbocycles. The highest BCUT2D eigenvalue weighted by atomic mass is 32.2. The Morgan fingerprint density at radius 1 is 1.00 bits per heavy atom. The molecule has 0 atom stereocenters. The van der Waals surface area contributed by atoms with Gasteiger partial charge in [0.2, 0.25) is 10.0 Å². The number of aromatic nitrogens is 4. The van der Waals surface area contributed by atoms with Crippen molar-refractivity contribution in [3.63, 3.8) is 0 Å². The predicted molar refractivity (Wildman–Crippen MR) is 110 cm³/mol. The number of carbonyl (C=O) groups is 2. The van der Waals surface area contributed by atoms with Crippen LogP contribution >= 0.6 is 0 Å². The Kier molecular flexibility index (Phi) is 6.39. The van der Waals surface area contributed by atoms with Crippen molar-refractivity contribution in [1.29, 1.82) is 0 Å². The summed E-state index contributed by atoms with van der Waals surface area (Å²) in [6, 6.07) is 9.05. The van der Waals surface area contributed by atoms with E-state index in [0.29, 0.717) is 5.69 Å². The van der Waals surface area contributed by atoms with Crippen molar-refractivity contribution in [3.8, 4) is 5.69 Å². The molecule has 1 aromatic heterocycles. The normalized spacial score (nSPS) is 14.6. The third-order valence-electron chi connectivity index (χ3n) is 4.82. The van der Waals surface area contributed by atoms with Crippen LogP contribution < -0.4 is 10.9 Å². The first-order valence-electron chi connectivity index (χ1n) is 9.68. The van der Waals surface area contributed by atoms with Crippen molar-refractivity contribution in [2.45, 2.75) is 4.90 Å². The van der Waals surface area contributed by atoms with Gasteiger partial charge in [0.25, 0.3) is 11.8 Å². The largest absolute Gasteiger partial charge is 0.379 e. The Morgan fingerprint density at radius 3 is 2.36 bits per heavy atom. The molecule has 2 amide bonds. The van der Waals surface area contributed by atoms with Crippen molar-refractivity contribution < 1.29 is 27.1 Å². The van der Waals surface area contributed by atoms with Gasteiger partial charge in [0.05, 0.1) is 29.4 Å². The highest BCUT2D eigenvalue weighted by molar-refractivity contribution is 7.89. The molecule has 33 heavy (non-hydrogen) atoms. The molecule has 0 radical (unpaired) electrons. The Labute approximate surface area is 187 Å². The highest BCUT2D eigenvalue weighted by Gasteiger charge is 2.28. The molecule has 2 heterocycles. The second kappa shape index (κ2) is 9.40. The van der Waals surface area contributed by atoms with E-state index in [9.17, 15) is 22.4 Å². The Bertz CT molecular complexity index is 1260. The van der Waals surface area contributed by atoms with E-state index in [4.69, 9.17) is 4.74 Å². The summed E-state index contributed by atoms with van der Waals surface area (Å²) in [6.07, 6.45) is 1.39. The number of nitrogens with zero attached hydrogens (tertiary/aromatic N) is 5. The Morgan fingerprint density at radius 2 is 1.70 bits per heavy atom. The number of halogens is 1. The number of hydrogen-bond acceptors (Lipinski definition) is 8. The number of amides is 2. The molecule has 0 bridgehead atoms. The number of sulfonamides is 1.